The normalized spacial score (nSPS) is 14.9. The van der Waals surface area contributed by atoms with Crippen molar-refractivity contribution in [1.82, 2.24) is 9.80 Å². The first kappa shape index (κ1) is 18.4. The van der Waals surface area contributed by atoms with Crippen LogP contribution in [0.15, 0.2) is 0 Å². The van der Waals surface area contributed by atoms with Crippen LogP contribution in [-0.4, -0.2) is 65.7 Å². The smallest absolute Gasteiger partial charge is 0.323 e. The molecule has 0 aromatic heterocycles. The summed E-state index contributed by atoms with van der Waals surface area (Å²) in [5.41, 5.74) is 4.63. The van der Waals surface area contributed by atoms with Crippen molar-refractivity contribution in [1.29, 1.82) is 0 Å². The van der Waals surface area contributed by atoms with Gasteiger partial charge in [-0.2, -0.15) is 0 Å². The van der Waals surface area contributed by atoms with Crippen LogP contribution in [0.5, 0.6) is 0 Å². The van der Waals surface area contributed by atoms with E-state index < -0.39 is 11.5 Å². The quantitative estimate of drug-likeness (QED) is 0.592. The average Bonchev–Trinajstić information content (AvgIpc) is 2.38. The van der Waals surface area contributed by atoms with Crippen LogP contribution in [0.25, 0.3) is 0 Å². The minimum absolute atomic E-state index is 0.488. The van der Waals surface area contributed by atoms with Crippen molar-refractivity contribution in [2.75, 3.05) is 39.3 Å². The molecule has 19 heavy (non-hydrogen) atoms. The fraction of sp³-hybridized carbons (Fsp3) is 0.929. The lowest BCUT2D eigenvalue weighted by molar-refractivity contribution is -0.143. The third-order valence-corrected chi connectivity index (χ3v) is 3.73. The van der Waals surface area contributed by atoms with Crippen LogP contribution < -0.4 is 5.73 Å². The van der Waals surface area contributed by atoms with E-state index in [1.807, 2.05) is 0 Å². The van der Waals surface area contributed by atoms with Crippen molar-refractivity contribution in [3.05, 3.63) is 0 Å². The second-order valence-corrected chi connectivity index (χ2v) is 5.29. The lowest BCUT2D eigenvalue weighted by Crippen LogP contribution is -2.47. The lowest BCUT2D eigenvalue weighted by atomic mass is 9.99. The molecule has 0 aliphatic rings. The second kappa shape index (κ2) is 9.28. The minimum atomic E-state index is -1.12. The summed E-state index contributed by atoms with van der Waals surface area (Å²) in [5, 5.41) is 8.99. The number of rotatable bonds is 11. The predicted molar refractivity (Wildman–Crippen MR) is 79.4 cm³/mol. The number of nitrogens with two attached hydrogens (primary N) is 1. The zero-order chi connectivity index (χ0) is 14.9. The SMILES string of the molecule is CCN(CC)CCCN(CC)CCC(C)(N)C(=O)O. The van der Waals surface area contributed by atoms with Gasteiger partial charge in [-0.1, -0.05) is 20.8 Å². The Labute approximate surface area is 117 Å². The van der Waals surface area contributed by atoms with Gasteiger partial charge in [-0.3, -0.25) is 4.79 Å². The third-order valence-electron chi connectivity index (χ3n) is 3.73. The molecule has 0 bridgehead atoms. The summed E-state index contributed by atoms with van der Waals surface area (Å²) < 4.78 is 0. The Morgan fingerprint density at radius 3 is 1.95 bits per heavy atom. The summed E-state index contributed by atoms with van der Waals surface area (Å²) in [6, 6.07) is 0. The van der Waals surface area contributed by atoms with E-state index >= 15 is 0 Å². The molecule has 0 aromatic carbocycles. The molecular formula is C14H31N3O2. The van der Waals surface area contributed by atoms with Gasteiger partial charge in [0.05, 0.1) is 0 Å². The van der Waals surface area contributed by atoms with Gasteiger partial charge in [-0.05, 0) is 52.5 Å². The van der Waals surface area contributed by atoms with E-state index in [-0.39, 0.29) is 0 Å². The molecule has 0 aliphatic heterocycles. The summed E-state index contributed by atoms with van der Waals surface area (Å²) in [4.78, 5) is 15.6. The molecule has 5 heteroatoms. The predicted octanol–water partition coefficient (Wildman–Crippen LogP) is 1.23. The fourth-order valence-electron chi connectivity index (χ4n) is 1.98. The van der Waals surface area contributed by atoms with E-state index in [2.05, 4.69) is 30.6 Å². The van der Waals surface area contributed by atoms with Crippen LogP contribution in [0.4, 0.5) is 0 Å². The van der Waals surface area contributed by atoms with Gasteiger partial charge in [0.1, 0.15) is 5.54 Å². The van der Waals surface area contributed by atoms with Crippen molar-refractivity contribution >= 4 is 5.97 Å². The van der Waals surface area contributed by atoms with Crippen molar-refractivity contribution in [3.63, 3.8) is 0 Å². The molecular weight excluding hydrogens is 242 g/mol. The van der Waals surface area contributed by atoms with Gasteiger partial charge in [0, 0.05) is 6.54 Å². The summed E-state index contributed by atoms with van der Waals surface area (Å²) in [7, 11) is 0. The number of nitrogens with zero attached hydrogens (tertiary/aromatic N) is 2. The lowest BCUT2D eigenvalue weighted by Gasteiger charge is -2.26. The van der Waals surface area contributed by atoms with Crippen molar-refractivity contribution in [3.8, 4) is 0 Å². The molecule has 0 rings (SSSR count). The van der Waals surface area contributed by atoms with Crippen LogP contribution in [-0.2, 0) is 4.79 Å². The van der Waals surface area contributed by atoms with Gasteiger partial charge in [0.15, 0.2) is 0 Å². The molecule has 0 aliphatic carbocycles. The van der Waals surface area contributed by atoms with E-state index in [9.17, 15) is 4.79 Å². The Kier molecular flexibility index (Phi) is 8.97. The maximum atomic E-state index is 11.0. The molecule has 0 radical (unpaired) electrons. The van der Waals surface area contributed by atoms with Gasteiger partial charge in [-0.15, -0.1) is 0 Å². The van der Waals surface area contributed by atoms with E-state index in [0.29, 0.717) is 6.42 Å². The first-order valence-corrected chi connectivity index (χ1v) is 7.34. The topological polar surface area (TPSA) is 69.8 Å². The molecule has 1 unspecified atom stereocenters. The highest BCUT2D eigenvalue weighted by Crippen LogP contribution is 2.07. The van der Waals surface area contributed by atoms with Gasteiger partial charge in [0.25, 0.3) is 0 Å². The van der Waals surface area contributed by atoms with Gasteiger partial charge >= 0.3 is 5.97 Å². The molecule has 0 aromatic rings. The molecule has 0 fully saturated rings. The Hall–Kier alpha value is -0.650. The summed E-state index contributed by atoms with van der Waals surface area (Å²) in [6.45, 7) is 14.0. The largest absolute Gasteiger partial charge is 0.480 e. The Bertz CT molecular complexity index is 253. The van der Waals surface area contributed by atoms with Gasteiger partial charge in [-0.25, -0.2) is 0 Å². The number of hydrogen-bond donors (Lipinski definition) is 2. The maximum Gasteiger partial charge on any atom is 0.323 e. The number of carboxylic acids is 1. The summed E-state index contributed by atoms with van der Waals surface area (Å²) in [6.07, 6.45) is 1.60. The highest BCUT2D eigenvalue weighted by atomic mass is 16.4. The number of hydrogen-bond acceptors (Lipinski definition) is 4. The standard InChI is InChI=1S/C14H31N3O2/c1-5-16(6-2)10-8-11-17(7-3)12-9-14(4,15)13(18)19/h5-12,15H2,1-4H3,(H,18,19). The first-order chi connectivity index (χ1) is 8.87. The molecule has 0 saturated heterocycles. The Balaban J connectivity index is 3.99. The second-order valence-electron chi connectivity index (χ2n) is 5.29. The van der Waals surface area contributed by atoms with Gasteiger partial charge < -0.3 is 20.6 Å². The molecule has 1 atom stereocenters. The van der Waals surface area contributed by atoms with Crippen molar-refractivity contribution < 1.29 is 9.90 Å². The monoisotopic (exact) mass is 273 g/mol. The zero-order valence-electron chi connectivity index (χ0n) is 13.0. The fourth-order valence-corrected chi connectivity index (χ4v) is 1.98. The third kappa shape index (κ3) is 7.50. The highest BCUT2D eigenvalue weighted by molar-refractivity contribution is 5.77. The molecule has 0 saturated carbocycles. The molecule has 0 amide bonds. The van der Waals surface area contributed by atoms with Crippen LogP contribution in [0, 0.1) is 0 Å². The molecule has 0 heterocycles. The van der Waals surface area contributed by atoms with Crippen LogP contribution in [0.1, 0.15) is 40.5 Å². The minimum Gasteiger partial charge on any atom is -0.480 e. The molecule has 3 N–H and O–H groups in total. The van der Waals surface area contributed by atoms with Crippen LogP contribution in [0.3, 0.4) is 0 Å². The van der Waals surface area contributed by atoms with Gasteiger partial charge in [0.2, 0.25) is 0 Å². The molecule has 114 valence electrons. The Morgan fingerprint density at radius 2 is 1.53 bits per heavy atom. The zero-order valence-corrected chi connectivity index (χ0v) is 13.0. The number of carbonyl (C=O) groups is 1. The first-order valence-electron chi connectivity index (χ1n) is 7.34. The molecule has 5 nitrogen and oxygen atoms in total. The molecule has 0 spiro atoms. The van der Waals surface area contributed by atoms with Crippen LogP contribution in [0.2, 0.25) is 0 Å². The summed E-state index contributed by atoms with van der Waals surface area (Å²) in [5.74, 6) is -0.924. The number of aliphatic carboxylic acids is 1. The van der Waals surface area contributed by atoms with E-state index in [1.54, 1.807) is 6.92 Å². The number of carboxylic acid groups (broad SMARTS) is 1. The van der Waals surface area contributed by atoms with E-state index in [0.717, 1.165) is 45.7 Å². The van der Waals surface area contributed by atoms with E-state index in [4.69, 9.17) is 10.8 Å². The summed E-state index contributed by atoms with van der Waals surface area (Å²) >= 11 is 0. The van der Waals surface area contributed by atoms with Crippen molar-refractivity contribution in [2.45, 2.75) is 46.1 Å². The average molecular weight is 273 g/mol. The highest BCUT2D eigenvalue weighted by Gasteiger charge is 2.27. The maximum absolute atomic E-state index is 11.0. The van der Waals surface area contributed by atoms with Crippen molar-refractivity contribution in [2.24, 2.45) is 5.73 Å². The Morgan fingerprint density at radius 1 is 1.05 bits per heavy atom. The van der Waals surface area contributed by atoms with E-state index in [1.165, 1.54) is 0 Å². The van der Waals surface area contributed by atoms with Crippen LogP contribution >= 0.6 is 0 Å².